The van der Waals surface area contributed by atoms with Gasteiger partial charge in [0.1, 0.15) is 0 Å². The molecule has 0 aliphatic carbocycles. The minimum atomic E-state index is -1.90. The van der Waals surface area contributed by atoms with Gasteiger partial charge in [0.05, 0.1) is 0 Å². The summed E-state index contributed by atoms with van der Waals surface area (Å²) in [7, 11) is 0.973. The van der Waals surface area contributed by atoms with Gasteiger partial charge in [0.25, 0.3) is 0 Å². The monoisotopic (exact) mass is 462 g/mol. The fourth-order valence-corrected chi connectivity index (χ4v) is 9.22. The van der Waals surface area contributed by atoms with Crippen LogP contribution in [-0.2, 0) is 0 Å². The molecular formula is C24H56N4P2. The van der Waals surface area contributed by atoms with E-state index in [9.17, 15) is 0 Å². The van der Waals surface area contributed by atoms with Crippen LogP contribution in [0, 0.1) is 0 Å². The fraction of sp³-hybridized carbons (Fsp3) is 1.00. The first-order valence-electron chi connectivity index (χ1n) is 13.2. The van der Waals surface area contributed by atoms with Crippen LogP contribution in [0.4, 0.5) is 0 Å². The van der Waals surface area contributed by atoms with Gasteiger partial charge in [-0.3, -0.25) is 0 Å². The largest absolute Gasteiger partial charge is 0.246 e. The quantitative estimate of drug-likeness (QED) is 0.160. The molecule has 0 aromatic heterocycles. The van der Waals surface area contributed by atoms with Gasteiger partial charge in [0, 0.05) is 39.3 Å². The van der Waals surface area contributed by atoms with E-state index in [1.165, 1.54) is 116 Å². The Bertz CT molecular complexity index is 350. The van der Waals surface area contributed by atoms with Crippen molar-refractivity contribution in [3.05, 3.63) is 0 Å². The third-order valence-corrected chi connectivity index (χ3v) is 10.6. The first kappa shape index (κ1) is 30.5. The maximum absolute atomic E-state index is 5.34. The molecule has 0 aromatic rings. The van der Waals surface area contributed by atoms with Crippen LogP contribution >= 0.6 is 16.9 Å². The van der Waals surface area contributed by atoms with Crippen molar-refractivity contribution in [2.45, 2.75) is 119 Å². The van der Waals surface area contributed by atoms with Gasteiger partial charge in [-0.2, -0.15) is 0 Å². The van der Waals surface area contributed by atoms with E-state index >= 15 is 0 Å². The molecule has 0 saturated heterocycles. The zero-order valence-electron chi connectivity index (χ0n) is 21.5. The van der Waals surface area contributed by atoms with Crippen molar-refractivity contribution in [2.24, 2.45) is 4.52 Å². The molecule has 0 fully saturated rings. The molecular weight excluding hydrogens is 406 g/mol. The minimum Gasteiger partial charge on any atom is -0.246 e. The predicted molar refractivity (Wildman–Crippen MR) is 143 cm³/mol. The van der Waals surface area contributed by atoms with Crippen LogP contribution in [0.2, 0.25) is 0 Å². The van der Waals surface area contributed by atoms with Gasteiger partial charge < -0.3 is 0 Å². The Kier molecular flexibility index (Phi) is 20.5. The highest BCUT2D eigenvalue weighted by atomic mass is 31.2. The third-order valence-electron chi connectivity index (χ3n) is 5.91. The molecule has 0 aromatic carbocycles. The zero-order chi connectivity index (χ0) is 22.7. The number of hydrogen-bond acceptors (Lipinski definition) is 1. The molecule has 1 unspecified atom stereocenters. The number of nitrogens with zero attached hydrogens (tertiary/aromatic N) is 4. The average molecular weight is 463 g/mol. The van der Waals surface area contributed by atoms with Crippen LogP contribution < -0.4 is 0 Å². The Morgan fingerprint density at radius 2 is 0.667 bits per heavy atom. The SMILES string of the molecule is CCCCN(CCCC)P(=NP)(N(CCCC)CCCC)N(CCCC)CCCC. The normalized spacial score (nSPS) is 12.5. The Balaban J connectivity index is 6.35. The minimum absolute atomic E-state index is 1.19. The van der Waals surface area contributed by atoms with Gasteiger partial charge in [-0.15, -0.1) is 0 Å². The second-order valence-electron chi connectivity index (χ2n) is 8.63. The fourth-order valence-electron chi connectivity index (χ4n) is 3.94. The summed E-state index contributed by atoms with van der Waals surface area (Å²) in [4.78, 5) is 0. The summed E-state index contributed by atoms with van der Waals surface area (Å²) in [5.74, 6) is 0. The highest BCUT2D eigenvalue weighted by Gasteiger charge is 2.38. The lowest BCUT2D eigenvalue weighted by molar-refractivity contribution is 0.292. The van der Waals surface area contributed by atoms with E-state index in [0.29, 0.717) is 0 Å². The molecule has 30 heavy (non-hydrogen) atoms. The van der Waals surface area contributed by atoms with E-state index in [-0.39, 0.29) is 0 Å². The summed E-state index contributed by atoms with van der Waals surface area (Å²) >= 11 is 0. The summed E-state index contributed by atoms with van der Waals surface area (Å²) in [6.07, 6.45) is 15.2. The molecule has 0 spiro atoms. The Hall–Kier alpha value is 0.540. The molecule has 0 saturated carbocycles. The third kappa shape index (κ3) is 10.4. The van der Waals surface area contributed by atoms with Crippen LogP contribution in [0.5, 0.6) is 0 Å². The molecule has 1 atom stereocenters. The van der Waals surface area contributed by atoms with Crippen LogP contribution in [0.1, 0.15) is 119 Å². The lowest BCUT2D eigenvalue weighted by atomic mass is 10.3. The van der Waals surface area contributed by atoms with Gasteiger partial charge in [-0.1, -0.05) is 80.1 Å². The number of unbranched alkanes of at least 4 members (excludes halogenated alkanes) is 6. The lowest BCUT2D eigenvalue weighted by Crippen LogP contribution is -2.43. The molecule has 0 aliphatic heterocycles. The molecule has 0 bridgehead atoms. The van der Waals surface area contributed by atoms with E-state index in [2.05, 4.69) is 64.9 Å². The first-order valence-corrected chi connectivity index (χ1v) is 15.3. The molecule has 0 rings (SSSR count). The van der Waals surface area contributed by atoms with Crippen molar-refractivity contribution in [3.8, 4) is 0 Å². The summed E-state index contributed by atoms with van der Waals surface area (Å²) < 4.78 is 13.9. The zero-order valence-corrected chi connectivity index (χ0v) is 23.6. The van der Waals surface area contributed by atoms with Crippen LogP contribution in [0.15, 0.2) is 4.52 Å². The maximum atomic E-state index is 5.34. The number of hydrogen-bond donors (Lipinski definition) is 0. The molecule has 0 heterocycles. The molecule has 6 heteroatoms. The van der Waals surface area contributed by atoms with Gasteiger partial charge in [-0.25, -0.2) is 18.5 Å². The standard InChI is InChI=1S/C24H56N4P2/c1-7-13-19-26(20-14-8-2)30(25-29,27(21-15-9-3)22-16-10-4)28(23-17-11-5)24-18-12-6/h7-24,29H2,1-6H3. The van der Waals surface area contributed by atoms with Crippen molar-refractivity contribution in [1.29, 1.82) is 0 Å². The second kappa shape index (κ2) is 20.2. The lowest BCUT2D eigenvalue weighted by Gasteiger charge is -2.50. The van der Waals surface area contributed by atoms with Crippen LogP contribution in [-0.4, -0.2) is 53.3 Å². The van der Waals surface area contributed by atoms with Crippen molar-refractivity contribution in [1.82, 2.24) is 14.0 Å². The van der Waals surface area contributed by atoms with Gasteiger partial charge in [0.2, 0.25) is 0 Å². The maximum Gasteiger partial charge on any atom is 0.170 e. The molecule has 0 radical (unpaired) electrons. The van der Waals surface area contributed by atoms with E-state index in [0.717, 1.165) is 0 Å². The molecule has 182 valence electrons. The van der Waals surface area contributed by atoms with E-state index in [1.54, 1.807) is 0 Å². The van der Waals surface area contributed by atoms with Crippen molar-refractivity contribution in [2.75, 3.05) is 39.3 Å². The molecule has 4 nitrogen and oxygen atoms in total. The van der Waals surface area contributed by atoms with E-state index in [1.807, 2.05) is 0 Å². The van der Waals surface area contributed by atoms with Gasteiger partial charge >= 0.3 is 0 Å². The van der Waals surface area contributed by atoms with Crippen LogP contribution in [0.25, 0.3) is 0 Å². The van der Waals surface area contributed by atoms with Crippen molar-refractivity contribution < 1.29 is 0 Å². The number of rotatable bonds is 21. The summed E-state index contributed by atoms with van der Waals surface area (Å²) in [6.45, 7) is 21.1. The summed E-state index contributed by atoms with van der Waals surface area (Å²) in [5, 5.41) is 0. The van der Waals surface area contributed by atoms with Gasteiger partial charge in [-0.05, 0) is 47.9 Å². The Morgan fingerprint density at radius 3 is 0.800 bits per heavy atom. The van der Waals surface area contributed by atoms with Gasteiger partial charge in [0.15, 0.2) is 7.51 Å². The predicted octanol–water partition coefficient (Wildman–Crippen LogP) is 8.43. The smallest absolute Gasteiger partial charge is 0.170 e. The first-order chi connectivity index (χ1) is 14.6. The summed E-state index contributed by atoms with van der Waals surface area (Å²) in [5.41, 5.74) is 0. The molecule has 0 aliphatic rings. The van der Waals surface area contributed by atoms with E-state index in [4.69, 9.17) is 4.52 Å². The summed E-state index contributed by atoms with van der Waals surface area (Å²) in [6, 6.07) is 0. The topological polar surface area (TPSA) is 22.1 Å². The highest BCUT2D eigenvalue weighted by Crippen LogP contribution is 2.61. The Morgan fingerprint density at radius 1 is 0.467 bits per heavy atom. The van der Waals surface area contributed by atoms with Crippen LogP contribution in [0.3, 0.4) is 0 Å². The Labute approximate surface area is 193 Å². The molecule has 0 amide bonds. The van der Waals surface area contributed by atoms with Crippen molar-refractivity contribution in [3.63, 3.8) is 0 Å². The highest BCUT2D eigenvalue weighted by molar-refractivity contribution is 7.62. The second-order valence-corrected chi connectivity index (χ2v) is 12.3. The van der Waals surface area contributed by atoms with Crippen molar-refractivity contribution >= 4 is 16.9 Å². The molecule has 0 N–H and O–H groups in total. The van der Waals surface area contributed by atoms with E-state index < -0.39 is 7.51 Å². The average Bonchev–Trinajstić information content (AvgIpc) is 2.77.